The molecule has 0 aromatic heterocycles. The zero-order valence-electron chi connectivity index (χ0n) is 30.1. The van der Waals surface area contributed by atoms with Crippen LogP contribution in [0.15, 0.2) is 0 Å². The lowest BCUT2D eigenvalue weighted by atomic mass is 10.2. The summed E-state index contributed by atoms with van der Waals surface area (Å²) in [7, 11) is 3.55. The Morgan fingerprint density at radius 2 is 1.21 bits per heavy atom. The Hall–Kier alpha value is -1.62. The van der Waals surface area contributed by atoms with E-state index < -0.39 is 18.0 Å². The second-order valence-electron chi connectivity index (χ2n) is 10.8. The van der Waals surface area contributed by atoms with Crippen molar-refractivity contribution in [1.82, 2.24) is 5.06 Å². The van der Waals surface area contributed by atoms with Crippen molar-refractivity contribution >= 4 is 45.5 Å². The summed E-state index contributed by atoms with van der Waals surface area (Å²) in [5.41, 5.74) is 5.39. The van der Waals surface area contributed by atoms with Gasteiger partial charge in [0, 0.05) is 62.7 Å². The Bertz CT molecular complexity index is 840. The molecule has 282 valence electrons. The number of hydroxylamine groups is 2. The van der Waals surface area contributed by atoms with E-state index in [2.05, 4.69) is 13.8 Å². The molecule has 1 heterocycles. The number of hydrogen-bond acceptors (Lipinski definition) is 14. The number of hydrogen-bond donors (Lipinski definition) is 1. The van der Waals surface area contributed by atoms with Crippen LogP contribution >= 0.6 is 21.6 Å². The zero-order valence-corrected chi connectivity index (χ0v) is 31.7. The largest absolute Gasteiger partial charge is 0.533 e. The molecule has 1 saturated heterocycles. The molecule has 1 aliphatic rings. The molecule has 13 nitrogen and oxygen atoms in total. The molecule has 48 heavy (non-hydrogen) atoms. The van der Waals surface area contributed by atoms with Crippen LogP contribution in [0.25, 0.3) is 0 Å². The van der Waals surface area contributed by atoms with Gasteiger partial charge in [-0.05, 0) is 59.8 Å². The molecule has 0 radical (unpaired) electrons. The van der Waals surface area contributed by atoms with Gasteiger partial charge in [-0.1, -0.05) is 53.3 Å². The van der Waals surface area contributed by atoms with Gasteiger partial charge >= 0.3 is 12.1 Å². The molecular weight excluding hydrogens is 665 g/mol. The van der Waals surface area contributed by atoms with E-state index in [-0.39, 0.29) is 42.9 Å². The highest BCUT2D eigenvalue weighted by Gasteiger charge is 2.33. The second-order valence-corrected chi connectivity index (χ2v) is 13.7. The normalized spacial score (nSPS) is 15.4. The molecule has 2 amide bonds. The number of esters is 1. The molecule has 1 rings (SSSR count). The summed E-state index contributed by atoms with van der Waals surface area (Å²) < 4.78 is 32.0. The van der Waals surface area contributed by atoms with E-state index >= 15 is 0 Å². The van der Waals surface area contributed by atoms with Gasteiger partial charge in [0.2, 0.25) is 0 Å². The summed E-state index contributed by atoms with van der Waals surface area (Å²) in [5, 5.41) is 1.08. The van der Waals surface area contributed by atoms with Crippen LogP contribution in [0, 0.1) is 0 Å². The molecule has 0 aliphatic carbocycles. The summed E-state index contributed by atoms with van der Waals surface area (Å²) in [6.07, 6.45) is 5.27. The standard InChI is InChI=1S/C26H45NO9S2.C7H17NO2/c1-5-9-21(15-17-34-25(30)14-11-20(33-8-4)19-32-7-3)37-38-22(10-6-2)16-18-35-26(31)36-27-23(28)12-13-24(27)29;1-3-9-6-7(5-8)10-4-2/h20-22H,5-19H2,1-4H3;7H,3-6,8H2,1-2H3. The first-order valence-electron chi connectivity index (χ1n) is 17.5. The highest BCUT2D eigenvalue weighted by atomic mass is 33.1. The predicted molar refractivity (Wildman–Crippen MR) is 188 cm³/mol. The van der Waals surface area contributed by atoms with E-state index in [1.54, 1.807) is 21.6 Å². The maximum atomic E-state index is 12.2. The van der Waals surface area contributed by atoms with Gasteiger partial charge in [-0.15, -0.1) is 0 Å². The number of ether oxygens (including phenoxy) is 6. The first-order valence-corrected chi connectivity index (χ1v) is 19.7. The van der Waals surface area contributed by atoms with Crippen molar-refractivity contribution in [1.29, 1.82) is 0 Å². The van der Waals surface area contributed by atoms with Gasteiger partial charge in [0.1, 0.15) is 0 Å². The van der Waals surface area contributed by atoms with Crippen LogP contribution in [0.2, 0.25) is 0 Å². The molecule has 0 saturated carbocycles. The number of nitrogens with two attached hydrogens (primary N) is 1. The van der Waals surface area contributed by atoms with Gasteiger partial charge in [0.25, 0.3) is 11.8 Å². The minimum Gasteiger partial charge on any atom is -0.466 e. The van der Waals surface area contributed by atoms with Gasteiger partial charge in [0.05, 0.1) is 38.6 Å². The molecule has 0 spiro atoms. The number of amides is 2. The van der Waals surface area contributed by atoms with Crippen molar-refractivity contribution in [3.05, 3.63) is 0 Å². The lowest BCUT2D eigenvalue weighted by molar-refractivity contribution is -0.177. The van der Waals surface area contributed by atoms with Crippen molar-refractivity contribution in [2.75, 3.05) is 59.4 Å². The van der Waals surface area contributed by atoms with Gasteiger partial charge in [-0.25, -0.2) is 4.79 Å². The van der Waals surface area contributed by atoms with Crippen LogP contribution in [0.3, 0.4) is 0 Å². The molecule has 0 aromatic carbocycles. The molecule has 0 bridgehead atoms. The maximum Gasteiger partial charge on any atom is 0.533 e. The maximum absolute atomic E-state index is 12.2. The summed E-state index contributed by atoms with van der Waals surface area (Å²) in [4.78, 5) is 51.9. The summed E-state index contributed by atoms with van der Waals surface area (Å²) >= 11 is 0. The van der Waals surface area contributed by atoms with Crippen molar-refractivity contribution in [3.8, 4) is 0 Å². The van der Waals surface area contributed by atoms with Gasteiger partial charge in [-0.3, -0.25) is 19.2 Å². The predicted octanol–water partition coefficient (Wildman–Crippen LogP) is 5.85. The Balaban J connectivity index is 0.00000190. The number of imide groups is 1. The molecule has 2 N–H and O–H groups in total. The summed E-state index contributed by atoms with van der Waals surface area (Å²) in [6, 6.07) is 0. The van der Waals surface area contributed by atoms with Gasteiger partial charge < -0.3 is 34.2 Å². The molecule has 4 atom stereocenters. The third-order valence-corrected chi connectivity index (χ3v) is 10.4. The van der Waals surface area contributed by atoms with Crippen molar-refractivity contribution < 1.29 is 52.4 Å². The highest BCUT2D eigenvalue weighted by Crippen LogP contribution is 2.38. The Morgan fingerprint density at radius 3 is 1.69 bits per heavy atom. The molecule has 1 fully saturated rings. The smallest absolute Gasteiger partial charge is 0.466 e. The van der Waals surface area contributed by atoms with E-state index in [4.69, 9.17) is 39.0 Å². The average Bonchev–Trinajstić information content (AvgIpc) is 3.38. The van der Waals surface area contributed by atoms with Crippen molar-refractivity contribution in [3.63, 3.8) is 0 Å². The Labute approximate surface area is 296 Å². The lowest BCUT2D eigenvalue weighted by Crippen LogP contribution is -2.32. The third kappa shape index (κ3) is 23.7. The average molecular weight is 727 g/mol. The summed E-state index contributed by atoms with van der Waals surface area (Å²) in [6.45, 7) is 16.8. The fourth-order valence-electron chi connectivity index (χ4n) is 4.34. The quantitative estimate of drug-likeness (QED) is 0.0580. The van der Waals surface area contributed by atoms with Crippen LogP contribution in [0.1, 0.15) is 106 Å². The van der Waals surface area contributed by atoms with Crippen LogP contribution in [0.4, 0.5) is 4.79 Å². The number of nitrogens with zero attached hydrogens (tertiary/aromatic N) is 1. The van der Waals surface area contributed by atoms with E-state index in [1.165, 1.54) is 0 Å². The van der Waals surface area contributed by atoms with Gasteiger partial charge in [0.15, 0.2) is 0 Å². The summed E-state index contributed by atoms with van der Waals surface area (Å²) in [5.74, 6) is -1.29. The monoisotopic (exact) mass is 726 g/mol. The van der Waals surface area contributed by atoms with E-state index in [1.807, 2.05) is 27.7 Å². The van der Waals surface area contributed by atoms with Crippen LogP contribution in [-0.4, -0.2) is 111 Å². The first kappa shape index (κ1) is 46.4. The van der Waals surface area contributed by atoms with Gasteiger partial charge in [-0.2, -0.15) is 0 Å². The van der Waals surface area contributed by atoms with E-state index in [9.17, 15) is 19.2 Å². The fraction of sp³-hybridized carbons (Fsp3) is 0.879. The van der Waals surface area contributed by atoms with Crippen LogP contribution < -0.4 is 5.73 Å². The minimum atomic E-state index is -1.04. The number of carbonyl (C=O) groups excluding carboxylic acids is 4. The van der Waals surface area contributed by atoms with Crippen LogP contribution in [0.5, 0.6) is 0 Å². The Morgan fingerprint density at radius 1 is 0.708 bits per heavy atom. The van der Waals surface area contributed by atoms with E-state index in [0.717, 1.165) is 38.7 Å². The molecule has 1 aliphatic heterocycles. The topological polar surface area (TPSA) is 162 Å². The van der Waals surface area contributed by atoms with Crippen LogP contribution in [-0.2, 0) is 47.6 Å². The molecule has 4 unspecified atom stereocenters. The van der Waals surface area contributed by atoms with E-state index in [0.29, 0.717) is 75.8 Å². The fourth-order valence-corrected chi connectivity index (χ4v) is 7.80. The first-order chi connectivity index (χ1) is 23.2. The molecular formula is C33H62N2O11S2. The molecule has 0 aromatic rings. The zero-order chi connectivity index (χ0) is 36.0. The number of carbonyl (C=O) groups is 4. The molecule has 15 heteroatoms. The third-order valence-electron chi connectivity index (χ3n) is 6.84. The van der Waals surface area contributed by atoms with Crippen molar-refractivity contribution in [2.45, 2.75) is 128 Å². The second kappa shape index (κ2) is 31.4. The Kier molecular flexibility index (Phi) is 30.3. The minimum absolute atomic E-state index is 0.0412. The SMILES string of the molecule is CCCC(CCOC(=O)CCC(COCC)OCC)SSC(CCC)CCOC(=O)ON1C(=O)CCC1=O.CCOCC(CN)OCC. The van der Waals surface area contributed by atoms with Crippen molar-refractivity contribution in [2.24, 2.45) is 5.73 Å². The number of rotatable bonds is 28. The lowest BCUT2D eigenvalue weighted by Gasteiger charge is -2.20. The highest BCUT2D eigenvalue weighted by molar-refractivity contribution is 8.77.